The van der Waals surface area contributed by atoms with Crippen LogP contribution in [0.3, 0.4) is 0 Å². The van der Waals surface area contributed by atoms with Gasteiger partial charge in [-0.25, -0.2) is 4.79 Å². The summed E-state index contributed by atoms with van der Waals surface area (Å²) in [6.07, 6.45) is 0.709. The zero-order valence-electron chi connectivity index (χ0n) is 16.4. The first-order chi connectivity index (χ1) is 14.1. The Morgan fingerprint density at radius 3 is 2.24 bits per heavy atom. The number of esters is 1. The first-order valence-electron chi connectivity index (χ1n) is 9.29. The first kappa shape index (κ1) is 17.7. The van der Waals surface area contributed by atoms with Gasteiger partial charge in [0.2, 0.25) is 12.5 Å². The van der Waals surface area contributed by atoms with Gasteiger partial charge in [-0.3, -0.25) is 0 Å². The van der Waals surface area contributed by atoms with Gasteiger partial charge in [-0.15, -0.1) is 0 Å². The predicted molar refractivity (Wildman–Crippen MR) is 103 cm³/mol. The number of carbonyl (C=O) groups is 1. The number of hydrogen-bond acceptors (Lipinski definition) is 7. The molecule has 2 aliphatic heterocycles. The second-order valence-corrected chi connectivity index (χ2v) is 7.06. The summed E-state index contributed by atoms with van der Waals surface area (Å²) in [6.45, 7) is 0.565. The predicted octanol–water partition coefficient (Wildman–Crippen LogP) is 2.97. The average Bonchev–Trinajstić information content (AvgIpc) is 3.35. The van der Waals surface area contributed by atoms with Gasteiger partial charge in [0.25, 0.3) is 0 Å². The van der Waals surface area contributed by atoms with Crippen molar-refractivity contribution in [2.75, 3.05) is 34.7 Å². The summed E-state index contributed by atoms with van der Waals surface area (Å²) in [5, 5.41) is 0. The maximum absolute atomic E-state index is 12.6. The highest BCUT2D eigenvalue weighted by atomic mass is 16.7. The van der Waals surface area contributed by atoms with E-state index in [1.165, 1.54) is 0 Å². The van der Waals surface area contributed by atoms with Crippen molar-refractivity contribution >= 4 is 11.5 Å². The van der Waals surface area contributed by atoms with Crippen LogP contribution >= 0.6 is 0 Å². The van der Waals surface area contributed by atoms with Gasteiger partial charge < -0.3 is 28.4 Å². The van der Waals surface area contributed by atoms with Crippen LogP contribution in [0.25, 0.3) is 5.57 Å². The Morgan fingerprint density at radius 1 is 0.897 bits per heavy atom. The number of benzene rings is 2. The number of fused-ring (bicyclic) bond motifs is 3. The summed E-state index contributed by atoms with van der Waals surface area (Å²) >= 11 is 0. The van der Waals surface area contributed by atoms with E-state index in [0.29, 0.717) is 41.6 Å². The second-order valence-electron chi connectivity index (χ2n) is 7.06. The molecule has 1 saturated heterocycles. The summed E-state index contributed by atoms with van der Waals surface area (Å²) in [6, 6.07) is 7.64. The lowest BCUT2D eigenvalue weighted by atomic mass is 9.77. The van der Waals surface area contributed by atoms with Crippen molar-refractivity contribution in [3.63, 3.8) is 0 Å². The zero-order chi connectivity index (χ0) is 20.1. The smallest absolute Gasteiger partial charge is 0.335 e. The molecular formula is C22H20O7. The summed E-state index contributed by atoms with van der Waals surface area (Å²) < 4.78 is 33.0. The van der Waals surface area contributed by atoms with E-state index < -0.39 is 0 Å². The van der Waals surface area contributed by atoms with E-state index in [-0.39, 0.29) is 18.7 Å². The van der Waals surface area contributed by atoms with Crippen molar-refractivity contribution in [2.24, 2.45) is 5.92 Å². The maximum atomic E-state index is 12.6. The fourth-order valence-corrected chi connectivity index (χ4v) is 4.30. The minimum absolute atomic E-state index is 0.00976. The van der Waals surface area contributed by atoms with E-state index in [2.05, 4.69) is 0 Å². The lowest BCUT2D eigenvalue weighted by Gasteiger charge is -2.25. The maximum Gasteiger partial charge on any atom is 0.335 e. The molecule has 0 amide bonds. The van der Waals surface area contributed by atoms with Crippen LogP contribution in [0.1, 0.15) is 16.7 Å². The van der Waals surface area contributed by atoms with Gasteiger partial charge in [0.05, 0.1) is 33.5 Å². The topological polar surface area (TPSA) is 72.5 Å². The summed E-state index contributed by atoms with van der Waals surface area (Å²) in [7, 11) is 4.69. The van der Waals surface area contributed by atoms with E-state index in [1.54, 1.807) is 21.3 Å². The van der Waals surface area contributed by atoms with Gasteiger partial charge in [0.15, 0.2) is 23.0 Å². The van der Waals surface area contributed by atoms with E-state index in [4.69, 9.17) is 28.4 Å². The van der Waals surface area contributed by atoms with Crippen molar-refractivity contribution in [1.29, 1.82) is 0 Å². The van der Waals surface area contributed by atoms with Crippen molar-refractivity contribution in [3.8, 4) is 28.7 Å². The molecule has 5 rings (SSSR count). The van der Waals surface area contributed by atoms with Crippen LogP contribution in [0.2, 0.25) is 0 Å². The molecule has 7 heteroatoms. The Hall–Kier alpha value is -3.35. The third-order valence-corrected chi connectivity index (χ3v) is 5.60. The molecule has 1 fully saturated rings. The lowest BCUT2D eigenvalue weighted by Crippen LogP contribution is -2.17. The second kappa shape index (κ2) is 6.62. The van der Waals surface area contributed by atoms with E-state index >= 15 is 0 Å². The van der Waals surface area contributed by atoms with E-state index in [1.807, 2.05) is 24.3 Å². The molecule has 1 atom stereocenters. The molecule has 29 heavy (non-hydrogen) atoms. The van der Waals surface area contributed by atoms with Crippen LogP contribution in [0, 0.1) is 5.92 Å². The van der Waals surface area contributed by atoms with Crippen LogP contribution in [0.4, 0.5) is 0 Å². The Bertz CT molecular complexity index is 1030. The fourth-order valence-electron chi connectivity index (χ4n) is 4.30. The Balaban J connectivity index is 1.78. The molecule has 0 radical (unpaired) electrons. The minimum atomic E-state index is -0.290. The molecule has 0 bridgehead atoms. The van der Waals surface area contributed by atoms with Gasteiger partial charge in [-0.1, -0.05) is 0 Å². The minimum Gasteiger partial charge on any atom is -0.493 e. The molecule has 150 valence electrons. The van der Waals surface area contributed by atoms with E-state index in [9.17, 15) is 4.79 Å². The summed E-state index contributed by atoms with van der Waals surface area (Å²) in [5.74, 6) is 2.63. The summed E-state index contributed by atoms with van der Waals surface area (Å²) in [5.41, 5.74) is 4.28. The van der Waals surface area contributed by atoms with Crippen LogP contribution in [-0.2, 0) is 16.0 Å². The normalized spacial score (nSPS) is 18.9. The average molecular weight is 396 g/mol. The van der Waals surface area contributed by atoms with Gasteiger partial charge >= 0.3 is 5.97 Å². The van der Waals surface area contributed by atoms with Gasteiger partial charge in [0.1, 0.15) is 0 Å². The summed E-state index contributed by atoms with van der Waals surface area (Å²) in [4.78, 5) is 12.6. The molecule has 2 aromatic rings. The highest BCUT2D eigenvalue weighted by Gasteiger charge is 2.39. The number of carbonyl (C=O) groups excluding carboxylic acids is 1. The highest BCUT2D eigenvalue weighted by molar-refractivity contribution is 6.05. The standard InChI is InChI=1S/C22H20O7/c1-24-17-6-12(7-18(25-2)21(17)26-3)19-14-8-16-15(28-10-29-16)5-11(14)4-13-9-27-22(23)20(13)19/h5-8,13H,4,9-10H2,1-3H3/t13-/m1/s1. The molecule has 7 nitrogen and oxygen atoms in total. The number of ether oxygens (including phenoxy) is 6. The first-order valence-corrected chi connectivity index (χ1v) is 9.29. The van der Waals surface area contributed by atoms with Crippen LogP contribution in [0.15, 0.2) is 29.8 Å². The van der Waals surface area contributed by atoms with Crippen molar-refractivity contribution < 1.29 is 33.2 Å². The van der Waals surface area contributed by atoms with Gasteiger partial charge in [-0.2, -0.15) is 0 Å². The monoisotopic (exact) mass is 396 g/mol. The Morgan fingerprint density at radius 2 is 1.59 bits per heavy atom. The number of hydrogen-bond donors (Lipinski definition) is 0. The van der Waals surface area contributed by atoms with Crippen LogP contribution in [0.5, 0.6) is 28.7 Å². The third kappa shape index (κ3) is 2.61. The third-order valence-electron chi connectivity index (χ3n) is 5.60. The zero-order valence-corrected chi connectivity index (χ0v) is 16.4. The largest absolute Gasteiger partial charge is 0.493 e. The lowest BCUT2D eigenvalue weighted by molar-refractivity contribution is -0.135. The van der Waals surface area contributed by atoms with Crippen molar-refractivity contribution in [2.45, 2.75) is 6.42 Å². The quantitative estimate of drug-likeness (QED) is 0.736. The molecule has 0 aromatic heterocycles. The van der Waals surface area contributed by atoms with E-state index in [0.717, 1.165) is 28.0 Å². The van der Waals surface area contributed by atoms with Crippen LogP contribution < -0.4 is 23.7 Å². The Labute approximate surface area is 167 Å². The fraction of sp³-hybridized carbons (Fsp3) is 0.318. The molecule has 0 saturated carbocycles. The number of cyclic esters (lactones) is 1. The molecule has 3 aliphatic rings. The highest BCUT2D eigenvalue weighted by Crippen LogP contribution is 2.49. The van der Waals surface area contributed by atoms with Gasteiger partial charge in [0, 0.05) is 11.5 Å². The molecule has 0 unspecified atom stereocenters. The molecule has 0 spiro atoms. The molecular weight excluding hydrogens is 376 g/mol. The SMILES string of the molecule is COc1cc(C2=C3C(=O)OC[C@H]3Cc3cc4c(cc32)OCO4)cc(OC)c1OC. The molecule has 2 heterocycles. The Kier molecular flexibility index (Phi) is 4.04. The van der Waals surface area contributed by atoms with Gasteiger partial charge in [-0.05, 0) is 47.4 Å². The van der Waals surface area contributed by atoms with Crippen molar-refractivity contribution in [1.82, 2.24) is 0 Å². The number of methoxy groups -OCH3 is 3. The van der Waals surface area contributed by atoms with Crippen LogP contribution in [-0.4, -0.2) is 40.7 Å². The molecule has 0 N–H and O–H groups in total. The molecule has 2 aromatic carbocycles. The number of rotatable bonds is 4. The van der Waals surface area contributed by atoms with Crippen molar-refractivity contribution in [3.05, 3.63) is 46.5 Å². The molecule has 1 aliphatic carbocycles.